The number of rotatable bonds is 5. The van der Waals surface area contributed by atoms with E-state index in [1.807, 2.05) is 0 Å². The van der Waals surface area contributed by atoms with E-state index in [1.54, 1.807) is 48.5 Å². The summed E-state index contributed by atoms with van der Waals surface area (Å²) in [4.78, 5) is 35.2. The van der Waals surface area contributed by atoms with Gasteiger partial charge in [0.1, 0.15) is 0 Å². The summed E-state index contributed by atoms with van der Waals surface area (Å²) in [5.41, 5.74) is 2.48. The molecule has 6 heteroatoms. The molecule has 3 N–H and O–H groups in total. The molecule has 2 aromatic carbocycles. The second-order valence-corrected chi connectivity index (χ2v) is 6.60. The maximum Gasteiger partial charge on any atom is 0.255 e. The van der Waals surface area contributed by atoms with Gasteiger partial charge in [0.25, 0.3) is 5.91 Å². The van der Waals surface area contributed by atoms with Crippen LogP contribution in [0, 0.1) is 11.8 Å². The van der Waals surface area contributed by atoms with Crippen LogP contribution in [0.25, 0.3) is 0 Å². The van der Waals surface area contributed by atoms with Gasteiger partial charge in [-0.2, -0.15) is 0 Å². The number of hydrogen-bond donors (Lipinski definition) is 3. The Morgan fingerprint density at radius 2 is 1.27 bits per heavy atom. The Morgan fingerprint density at radius 1 is 0.808 bits per heavy atom. The van der Waals surface area contributed by atoms with Crippen molar-refractivity contribution in [2.45, 2.75) is 20.3 Å². The van der Waals surface area contributed by atoms with E-state index < -0.39 is 0 Å². The molecule has 1 fully saturated rings. The first-order valence-corrected chi connectivity index (χ1v) is 8.52. The predicted molar refractivity (Wildman–Crippen MR) is 101 cm³/mol. The van der Waals surface area contributed by atoms with Gasteiger partial charge in [-0.3, -0.25) is 14.4 Å². The molecule has 1 aliphatic carbocycles. The third-order valence-corrected chi connectivity index (χ3v) is 4.32. The van der Waals surface area contributed by atoms with E-state index in [0.717, 1.165) is 6.42 Å². The zero-order chi connectivity index (χ0) is 18.7. The highest BCUT2D eigenvalue weighted by atomic mass is 16.2. The van der Waals surface area contributed by atoms with Gasteiger partial charge in [-0.1, -0.05) is 6.92 Å². The molecule has 0 saturated heterocycles. The highest BCUT2D eigenvalue weighted by Gasteiger charge is 2.39. The number of benzene rings is 2. The van der Waals surface area contributed by atoms with Crippen molar-refractivity contribution in [1.82, 2.24) is 0 Å². The van der Waals surface area contributed by atoms with Gasteiger partial charge in [-0.15, -0.1) is 0 Å². The molecule has 0 aliphatic heterocycles. The summed E-state index contributed by atoms with van der Waals surface area (Å²) in [6, 6.07) is 13.7. The molecule has 0 spiro atoms. The summed E-state index contributed by atoms with van der Waals surface area (Å²) >= 11 is 0. The third-order valence-electron chi connectivity index (χ3n) is 4.32. The van der Waals surface area contributed by atoms with Gasteiger partial charge in [0.05, 0.1) is 0 Å². The molecule has 1 saturated carbocycles. The van der Waals surface area contributed by atoms with Crippen molar-refractivity contribution in [3.63, 3.8) is 0 Å². The molecule has 26 heavy (non-hydrogen) atoms. The van der Waals surface area contributed by atoms with Crippen molar-refractivity contribution in [1.29, 1.82) is 0 Å². The SMILES string of the molecule is CC(=O)Nc1ccc(NC(=O)c2ccc(NC(=O)C3CC3C)cc2)cc1. The van der Waals surface area contributed by atoms with E-state index in [1.165, 1.54) is 6.92 Å². The second-order valence-electron chi connectivity index (χ2n) is 6.60. The van der Waals surface area contributed by atoms with E-state index in [-0.39, 0.29) is 23.6 Å². The molecule has 134 valence electrons. The third kappa shape index (κ3) is 4.47. The Kier molecular flexibility index (Phi) is 5.02. The molecule has 0 aromatic heterocycles. The molecule has 2 unspecified atom stereocenters. The van der Waals surface area contributed by atoms with Gasteiger partial charge in [-0.05, 0) is 60.9 Å². The molecule has 3 rings (SSSR count). The van der Waals surface area contributed by atoms with Crippen molar-refractivity contribution in [2.75, 3.05) is 16.0 Å². The number of anilines is 3. The minimum absolute atomic E-state index is 0.0361. The Morgan fingerprint density at radius 3 is 1.77 bits per heavy atom. The highest BCUT2D eigenvalue weighted by molar-refractivity contribution is 6.05. The van der Waals surface area contributed by atoms with Crippen LogP contribution in [-0.2, 0) is 9.59 Å². The summed E-state index contributed by atoms with van der Waals surface area (Å²) < 4.78 is 0. The first-order chi connectivity index (χ1) is 12.4. The average molecular weight is 351 g/mol. The van der Waals surface area contributed by atoms with Gasteiger partial charge < -0.3 is 16.0 Å². The fourth-order valence-electron chi connectivity index (χ4n) is 2.67. The van der Waals surface area contributed by atoms with Gasteiger partial charge in [0.15, 0.2) is 0 Å². The van der Waals surface area contributed by atoms with Crippen LogP contribution in [0.15, 0.2) is 48.5 Å². The molecule has 2 aromatic rings. The Bertz CT molecular complexity index is 828. The van der Waals surface area contributed by atoms with E-state index in [2.05, 4.69) is 22.9 Å². The maximum absolute atomic E-state index is 12.3. The fraction of sp³-hybridized carbons (Fsp3) is 0.250. The molecule has 2 atom stereocenters. The number of carbonyl (C=O) groups is 3. The number of carbonyl (C=O) groups excluding carboxylic acids is 3. The molecule has 0 bridgehead atoms. The zero-order valence-corrected chi connectivity index (χ0v) is 14.7. The summed E-state index contributed by atoms with van der Waals surface area (Å²) in [7, 11) is 0. The molecule has 3 amide bonds. The molecule has 0 heterocycles. The lowest BCUT2D eigenvalue weighted by Crippen LogP contribution is -2.15. The molecule has 6 nitrogen and oxygen atoms in total. The van der Waals surface area contributed by atoms with Crippen molar-refractivity contribution in [3.05, 3.63) is 54.1 Å². The van der Waals surface area contributed by atoms with Gasteiger partial charge in [-0.25, -0.2) is 0 Å². The fourth-order valence-corrected chi connectivity index (χ4v) is 2.67. The van der Waals surface area contributed by atoms with E-state index in [4.69, 9.17) is 0 Å². The van der Waals surface area contributed by atoms with Crippen LogP contribution in [0.1, 0.15) is 30.6 Å². The van der Waals surface area contributed by atoms with Crippen LogP contribution in [-0.4, -0.2) is 17.7 Å². The summed E-state index contributed by atoms with van der Waals surface area (Å²) in [6.07, 6.45) is 0.938. The van der Waals surface area contributed by atoms with Crippen LogP contribution in [0.4, 0.5) is 17.1 Å². The summed E-state index contributed by atoms with van der Waals surface area (Å²) in [6.45, 7) is 3.49. The van der Waals surface area contributed by atoms with Crippen molar-refractivity contribution in [2.24, 2.45) is 11.8 Å². The number of amides is 3. The van der Waals surface area contributed by atoms with Gasteiger partial charge >= 0.3 is 0 Å². The Balaban J connectivity index is 1.57. The first kappa shape index (κ1) is 17.7. The monoisotopic (exact) mass is 351 g/mol. The van der Waals surface area contributed by atoms with Crippen LogP contribution in [0.5, 0.6) is 0 Å². The molecule has 1 aliphatic rings. The average Bonchev–Trinajstić information content (AvgIpc) is 3.34. The topological polar surface area (TPSA) is 87.3 Å². The lowest BCUT2D eigenvalue weighted by molar-refractivity contribution is -0.117. The quantitative estimate of drug-likeness (QED) is 0.770. The Hall–Kier alpha value is -3.15. The maximum atomic E-state index is 12.3. The lowest BCUT2D eigenvalue weighted by atomic mass is 10.1. The lowest BCUT2D eigenvalue weighted by Gasteiger charge is -2.08. The molecular formula is C20H21N3O3. The van der Waals surface area contributed by atoms with E-state index in [0.29, 0.717) is 28.5 Å². The summed E-state index contributed by atoms with van der Waals surface area (Å²) in [5.74, 6) is 0.209. The number of nitrogens with one attached hydrogen (secondary N) is 3. The zero-order valence-electron chi connectivity index (χ0n) is 14.7. The smallest absolute Gasteiger partial charge is 0.255 e. The van der Waals surface area contributed by atoms with E-state index in [9.17, 15) is 14.4 Å². The summed E-state index contributed by atoms with van der Waals surface area (Å²) in [5, 5.41) is 8.33. The van der Waals surface area contributed by atoms with Crippen molar-refractivity contribution < 1.29 is 14.4 Å². The number of hydrogen-bond acceptors (Lipinski definition) is 3. The normalized spacial score (nSPS) is 17.9. The highest BCUT2D eigenvalue weighted by Crippen LogP contribution is 2.38. The standard InChI is InChI=1S/C20H21N3O3/c1-12-11-18(12)20(26)23-16-5-3-14(4-6-16)19(25)22-17-9-7-15(8-10-17)21-13(2)24/h3-10,12,18H,11H2,1-2H3,(H,21,24)(H,22,25)(H,23,26). The van der Waals surface area contributed by atoms with Crippen molar-refractivity contribution in [3.8, 4) is 0 Å². The minimum Gasteiger partial charge on any atom is -0.326 e. The van der Waals surface area contributed by atoms with Gasteiger partial charge in [0, 0.05) is 35.5 Å². The largest absolute Gasteiger partial charge is 0.326 e. The predicted octanol–water partition coefficient (Wildman–Crippen LogP) is 3.49. The van der Waals surface area contributed by atoms with E-state index >= 15 is 0 Å². The van der Waals surface area contributed by atoms with Gasteiger partial charge in [0.2, 0.25) is 11.8 Å². The van der Waals surface area contributed by atoms with Crippen molar-refractivity contribution >= 4 is 34.8 Å². The van der Waals surface area contributed by atoms with Crippen LogP contribution >= 0.6 is 0 Å². The molecular weight excluding hydrogens is 330 g/mol. The Labute approximate surface area is 152 Å². The minimum atomic E-state index is -0.244. The van der Waals surface area contributed by atoms with Crippen LogP contribution < -0.4 is 16.0 Å². The molecule has 0 radical (unpaired) electrons. The van der Waals surface area contributed by atoms with Crippen LogP contribution in [0.3, 0.4) is 0 Å². The van der Waals surface area contributed by atoms with Crippen LogP contribution in [0.2, 0.25) is 0 Å². The first-order valence-electron chi connectivity index (χ1n) is 8.52. The second kappa shape index (κ2) is 7.39.